The zero-order valence-electron chi connectivity index (χ0n) is 7.53. The SMILES string of the molecule is NC(=O)N1CCOC2CCNCC21. The monoisotopic (exact) mass is 185 g/mol. The topological polar surface area (TPSA) is 67.6 Å². The van der Waals surface area contributed by atoms with E-state index in [1.165, 1.54) is 0 Å². The summed E-state index contributed by atoms with van der Waals surface area (Å²) in [6.07, 6.45) is 1.15. The summed E-state index contributed by atoms with van der Waals surface area (Å²) >= 11 is 0. The molecule has 0 bridgehead atoms. The highest BCUT2D eigenvalue weighted by Gasteiger charge is 2.35. The van der Waals surface area contributed by atoms with E-state index in [9.17, 15) is 4.79 Å². The maximum Gasteiger partial charge on any atom is 0.315 e. The number of carbonyl (C=O) groups excluding carboxylic acids is 1. The van der Waals surface area contributed by atoms with Gasteiger partial charge in [0.15, 0.2) is 0 Å². The second-order valence-electron chi connectivity index (χ2n) is 3.50. The molecule has 2 aliphatic rings. The zero-order chi connectivity index (χ0) is 9.26. The average molecular weight is 185 g/mol. The molecule has 2 atom stereocenters. The van der Waals surface area contributed by atoms with E-state index in [0.717, 1.165) is 19.5 Å². The number of morpholine rings is 1. The lowest BCUT2D eigenvalue weighted by molar-refractivity contribution is -0.0644. The largest absolute Gasteiger partial charge is 0.374 e. The molecule has 13 heavy (non-hydrogen) atoms. The number of fused-ring (bicyclic) bond motifs is 1. The van der Waals surface area contributed by atoms with Gasteiger partial charge >= 0.3 is 6.03 Å². The van der Waals surface area contributed by atoms with E-state index in [1.807, 2.05) is 0 Å². The number of rotatable bonds is 0. The molecule has 0 aliphatic carbocycles. The molecular weight excluding hydrogens is 170 g/mol. The molecular formula is C8H15N3O2. The van der Waals surface area contributed by atoms with Crippen LogP contribution < -0.4 is 11.1 Å². The molecule has 2 heterocycles. The van der Waals surface area contributed by atoms with Gasteiger partial charge in [-0.15, -0.1) is 0 Å². The molecule has 0 aromatic rings. The minimum atomic E-state index is -0.331. The second kappa shape index (κ2) is 3.51. The molecule has 2 saturated heterocycles. The minimum Gasteiger partial charge on any atom is -0.374 e. The predicted octanol–water partition coefficient (Wildman–Crippen LogP) is -0.872. The average Bonchev–Trinajstić information content (AvgIpc) is 2.17. The van der Waals surface area contributed by atoms with Crippen molar-refractivity contribution in [3.8, 4) is 0 Å². The number of hydrogen-bond donors (Lipinski definition) is 2. The lowest BCUT2D eigenvalue weighted by Gasteiger charge is -2.43. The van der Waals surface area contributed by atoms with Crippen LogP contribution >= 0.6 is 0 Å². The molecule has 2 amide bonds. The Morgan fingerprint density at radius 3 is 3.23 bits per heavy atom. The first-order valence-corrected chi connectivity index (χ1v) is 4.67. The quantitative estimate of drug-likeness (QED) is 0.515. The van der Waals surface area contributed by atoms with Crippen molar-refractivity contribution in [1.29, 1.82) is 0 Å². The summed E-state index contributed by atoms with van der Waals surface area (Å²) < 4.78 is 5.57. The van der Waals surface area contributed by atoms with Crippen molar-refractivity contribution in [2.24, 2.45) is 5.73 Å². The van der Waals surface area contributed by atoms with Gasteiger partial charge < -0.3 is 20.7 Å². The number of amides is 2. The molecule has 0 aromatic carbocycles. The third-order valence-corrected chi connectivity index (χ3v) is 2.74. The molecule has 0 saturated carbocycles. The van der Waals surface area contributed by atoms with Crippen molar-refractivity contribution in [3.05, 3.63) is 0 Å². The van der Waals surface area contributed by atoms with Crippen LogP contribution in [0.1, 0.15) is 6.42 Å². The van der Waals surface area contributed by atoms with E-state index in [2.05, 4.69) is 5.32 Å². The van der Waals surface area contributed by atoms with Gasteiger partial charge in [0.25, 0.3) is 0 Å². The van der Waals surface area contributed by atoms with Crippen LogP contribution in [0, 0.1) is 0 Å². The van der Waals surface area contributed by atoms with Gasteiger partial charge in [0.2, 0.25) is 0 Å². The Morgan fingerprint density at radius 1 is 1.62 bits per heavy atom. The Balaban J connectivity index is 2.06. The zero-order valence-corrected chi connectivity index (χ0v) is 7.53. The van der Waals surface area contributed by atoms with Gasteiger partial charge in [-0.3, -0.25) is 0 Å². The first-order valence-electron chi connectivity index (χ1n) is 4.67. The van der Waals surface area contributed by atoms with Crippen LogP contribution in [0.4, 0.5) is 4.79 Å². The third-order valence-electron chi connectivity index (χ3n) is 2.74. The molecule has 5 heteroatoms. The van der Waals surface area contributed by atoms with E-state index >= 15 is 0 Å². The van der Waals surface area contributed by atoms with Crippen molar-refractivity contribution in [1.82, 2.24) is 10.2 Å². The number of nitrogens with one attached hydrogen (secondary N) is 1. The number of nitrogens with zero attached hydrogens (tertiary/aromatic N) is 1. The highest BCUT2D eigenvalue weighted by atomic mass is 16.5. The van der Waals surface area contributed by atoms with Gasteiger partial charge in [-0.1, -0.05) is 0 Å². The fourth-order valence-electron chi connectivity index (χ4n) is 2.07. The molecule has 2 unspecified atom stereocenters. The Morgan fingerprint density at radius 2 is 2.46 bits per heavy atom. The van der Waals surface area contributed by atoms with Crippen molar-refractivity contribution >= 4 is 6.03 Å². The maximum absolute atomic E-state index is 11.1. The van der Waals surface area contributed by atoms with Gasteiger partial charge in [-0.2, -0.15) is 0 Å². The predicted molar refractivity (Wildman–Crippen MR) is 47.3 cm³/mol. The summed E-state index contributed by atoms with van der Waals surface area (Å²) in [4.78, 5) is 12.8. The van der Waals surface area contributed by atoms with Gasteiger partial charge in [0, 0.05) is 13.1 Å². The van der Waals surface area contributed by atoms with Crippen LogP contribution in [0.3, 0.4) is 0 Å². The van der Waals surface area contributed by atoms with Crippen LogP contribution in [0.25, 0.3) is 0 Å². The van der Waals surface area contributed by atoms with Crippen LogP contribution in [0.2, 0.25) is 0 Å². The summed E-state index contributed by atoms with van der Waals surface area (Å²) in [7, 11) is 0. The number of hydrogen-bond acceptors (Lipinski definition) is 3. The third kappa shape index (κ3) is 1.62. The molecule has 0 radical (unpaired) electrons. The second-order valence-corrected chi connectivity index (χ2v) is 3.50. The van der Waals surface area contributed by atoms with Crippen molar-refractivity contribution in [2.45, 2.75) is 18.6 Å². The molecule has 0 aromatic heterocycles. The van der Waals surface area contributed by atoms with Gasteiger partial charge in [-0.25, -0.2) is 4.79 Å². The Kier molecular flexibility index (Phi) is 2.37. The van der Waals surface area contributed by atoms with Gasteiger partial charge in [0.05, 0.1) is 18.8 Å². The fraction of sp³-hybridized carbons (Fsp3) is 0.875. The highest BCUT2D eigenvalue weighted by molar-refractivity contribution is 5.72. The smallest absolute Gasteiger partial charge is 0.315 e. The number of primary amides is 1. The van der Waals surface area contributed by atoms with Crippen LogP contribution in [-0.4, -0.2) is 49.3 Å². The van der Waals surface area contributed by atoms with Gasteiger partial charge in [-0.05, 0) is 13.0 Å². The summed E-state index contributed by atoms with van der Waals surface area (Å²) in [5.74, 6) is 0. The highest BCUT2D eigenvalue weighted by Crippen LogP contribution is 2.18. The number of urea groups is 1. The summed E-state index contributed by atoms with van der Waals surface area (Å²) in [5, 5.41) is 3.24. The first-order chi connectivity index (χ1) is 6.29. The van der Waals surface area contributed by atoms with Crippen LogP contribution in [0.5, 0.6) is 0 Å². The normalized spacial score (nSPS) is 34.0. The Bertz CT molecular complexity index is 208. The molecule has 2 fully saturated rings. The Labute approximate surface area is 77.2 Å². The van der Waals surface area contributed by atoms with E-state index in [-0.39, 0.29) is 18.2 Å². The lowest BCUT2D eigenvalue weighted by atomic mass is 10.0. The maximum atomic E-state index is 11.1. The molecule has 74 valence electrons. The van der Waals surface area contributed by atoms with Crippen molar-refractivity contribution < 1.29 is 9.53 Å². The summed E-state index contributed by atoms with van der Waals surface area (Å²) in [6, 6.07) is -0.193. The van der Waals surface area contributed by atoms with E-state index in [0.29, 0.717) is 13.2 Å². The first kappa shape index (κ1) is 8.77. The van der Waals surface area contributed by atoms with Crippen molar-refractivity contribution in [3.63, 3.8) is 0 Å². The van der Waals surface area contributed by atoms with E-state index < -0.39 is 0 Å². The molecule has 5 nitrogen and oxygen atoms in total. The minimum absolute atomic E-state index is 0.139. The molecule has 3 N–H and O–H groups in total. The van der Waals surface area contributed by atoms with E-state index in [4.69, 9.17) is 10.5 Å². The number of ether oxygens (including phenoxy) is 1. The Hall–Kier alpha value is -0.810. The van der Waals surface area contributed by atoms with Crippen LogP contribution in [-0.2, 0) is 4.74 Å². The molecule has 2 rings (SSSR count). The van der Waals surface area contributed by atoms with Crippen molar-refractivity contribution in [2.75, 3.05) is 26.2 Å². The fourth-order valence-corrected chi connectivity index (χ4v) is 2.07. The van der Waals surface area contributed by atoms with E-state index in [1.54, 1.807) is 4.90 Å². The summed E-state index contributed by atoms with van der Waals surface area (Å²) in [6.45, 7) is 3.00. The van der Waals surface area contributed by atoms with Crippen LogP contribution in [0.15, 0.2) is 0 Å². The number of carbonyl (C=O) groups is 1. The summed E-state index contributed by atoms with van der Waals surface area (Å²) in [5.41, 5.74) is 5.28. The molecule has 0 spiro atoms. The number of piperidine rings is 1. The lowest BCUT2D eigenvalue weighted by Crippen LogP contribution is -2.61. The number of nitrogens with two attached hydrogens (primary N) is 1. The van der Waals surface area contributed by atoms with Gasteiger partial charge in [0.1, 0.15) is 0 Å². The molecule has 2 aliphatic heterocycles. The standard InChI is InChI=1S/C8H15N3O2/c9-8(12)11-3-4-13-7-1-2-10-5-6(7)11/h6-7,10H,1-5H2,(H2,9,12).